The van der Waals surface area contributed by atoms with Crippen LogP contribution in [0.2, 0.25) is 0 Å². The number of ketones is 1. The van der Waals surface area contributed by atoms with Gasteiger partial charge in [-0.15, -0.1) is 0 Å². The Hall–Kier alpha value is -2.30. The molecule has 1 aromatic rings. The van der Waals surface area contributed by atoms with E-state index in [1.165, 1.54) is 0 Å². The summed E-state index contributed by atoms with van der Waals surface area (Å²) in [6.07, 6.45) is 0.849. The van der Waals surface area contributed by atoms with Gasteiger partial charge in [0.25, 0.3) is 5.78 Å². The number of hydrogen-bond donors (Lipinski definition) is 1. The molecule has 120 valence electrons. The van der Waals surface area contributed by atoms with E-state index in [1.54, 1.807) is 6.07 Å². The zero-order chi connectivity index (χ0) is 16.9. The Morgan fingerprint density at radius 3 is 2.45 bits per heavy atom. The molecule has 1 N–H and O–H groups in total. The lowest BCUT2D eigenvalue weighted by Crippen LogP contribution is -2.13. The van der Waals surface area contributed by atoms with E-state index in [0.717, 1.165) is 24.3 Å². The van der Waals surface area contributed by atoms with Gasteiger partial charge < -0.3 is 14.6 Å². The number of carbonyl (C=O) groups excluding carboxylic acids is 2. The van der Waals surface area contributed by atoms with Crippen molar-refractivity contribution in [3.05, 3.63) is 34.9 Å². The number of benzene rings is 1. The van der Waals surface area contributed by atoms with Crippen LogP contribution in [0.4, 0.5) is 0 Å². The number of esters is 1. The van der Waals surface area contributed by atoms with Crippen molar-refractivity contribution in [2.45, 2.75) is 27.7 Å². The first-order valence-corrected chi connectivity index (χ1v) is 7.03. The summed E-state index contributed by atoms with van der Waals surface area (Å²) in [5, 5.41) is 10.2. The first-order valence-electron chi connectivity index (χ1n) is 7.03. The normalized spacial score (nSPS) is 11.5. The topological polar surface area (TPSA) is 72.8 Å². The summed E-state index contributed by atoms with van der Waals surface area (Å²) in [5.41, 5.74) is 2.14. The van der Waals surface area contributed by atoms with Gasteiger partial charge in [-0.1, -0.05) is 19.9 Å². The molecule has 0 unspecified atom stereocenters. The monoisotopic (exact) mass is 306 g/mol. The highest BCUT2D eigenvalue weighted by atomic mass is 16.5. The molecule has 0 heterocycles. The number of aliphatic hydroxyl groups is 1. The van der Waals surface area contributed by atoms with E-state index >= 15 is 0 Å². The van der Waals surface area contributed by atoms with E-state index in [1.807, 2.05) is 33.8 Å². The molecule has 0 aliphatic carbocycles. The van der Waals surface area contributed by atoms with Crippen molar-refractivity contribution in [1.29, 1.82) is 0 Å². The fourth-order valence-electron chi connectivity index (χ4n) is 1.95. The van der Waals surface area contributed by atoms with Gasteiger partial charge in [0.1, 0.15) is 11.5 Å². The lowest BCUT2D eigenvalue weighted by atomic mass is 10.0. The zero-order valence-corrected chi connectivity index (χ0v) is 13.6. The minimum atomic E-state index is -1.03. The quantitative estimate of drug-likeness (QED) is 0.378. The van der Waals surface area contributed by atoms with Crippen LogP contribution in [0.25, 0.3) is 5.76 Å². The Kier molecular flexibility index (Phi) is 6.16. The molecule has 0 atom stereocenters. The second kappa shape index (κ2) is 7.64. The summed E-state index contributed by atoms with van der Waals surface area (Å²) in [5.74, 6) is -1.45. The van der Waals surface area contributed by atoms with Gasteiger partial charge in [-0.05, 0) is 37.0 Å². The lowest BCUT2D eigenvalue weighted by Gasteiger charge is -2.16. The Bertz CT molecular complexity index is 599. The van der Waals surface area contributed by atoms with Crippen molar-refractivity contribution in [2.75, 3.05) is 13.7 Å². The fraction of sp³-hybridized carbons (Fsp3) is 0.412. The molecule has 0 fully saturated rings. The van der Waals surface area contributed by atoms with Crippen LogP contribution in [-0.2, 0) is 14.3 Å². The molecule has 0 radical (unpaired) electrons. The largest absolute Gasteiger partial charge is 0.507 e. The number of methoxy groups -OCH3 is 1. The molecule has 5 nitrogen and oxygen atoms in total. The molecule has 0 aliphatic heterocycles. The number of ether oxygens (including phenoxy) is 2. The van der Waals surface area contributed by atoms with E-state index in [0.29, 0.717) is 23.8 Å². The number of hydrogen-bond acceptors (Lipinski definition) is 5. The summed E-state index contributed by atoms with van der Waals surface area (Å²) < 4.78 is 10.1. The van der Waals surface area contributed by atoms with Crippen molar-refractivity contribution in [3.63, 3.8) is 0 Å². The third kappa shape index (κ3) is 4.62. The number of aliphatic hydroxyl groups excluding tert-OH is 1. The number of rotatable bonds is 6. The third-order valence-corrected chi connectivity index (χ3v) is 2.91. The van der Waals surface area contributed by atoms with E-state index < -0.39 is 11.8 Å². The molecular formula is C17H22O5. The van der Waals surface area contributed by atoms with Crippen LogP contribution in [0.15, 0.2) is 18.2 Å². The Balaban J connectivity index is 3.23. The van der Waals surface area contributed by atoms with Crippen LogP contribution in [0, 0.1) is 19.8 Å². The highest BCUT2D eigenvalue weighted by molar-refractivity contribution is 6.39. The lowest BCUT2D eigenvalue weighted by molar-refractivity contribution is -0.149. The van der Waals surface area contributed by atoms with Gasteiger partial charge in [0.05, 0.1) is 19.3 Å². The molecule has 1 rings (SSSR count). The summed E-state index contributed by atoms with van der Waals surface area (Å²) >= 11 is 0. The van der Waals surface area contributed by atoms with Crippen LogP contribution in [-0.4, -0.2) is 30.6 Å². The maximum absolute atomic E-state index is 11.6. The van der Waals surface area contributed by atoms with Crippen LogP contribution in [0.3, 0.4) is 0 Å². The maximum Gasteiger partial charge on any atom is 0.378 e. The molecular weight excluding hydrogens is 284 g/mol. The van der Waals surface area contributed by atoms with Crippen molar-refractivity contribution in [3.8, 4) is 5.75 Å². The van der Waals surface area contributed by atoms with Gasteiger partial charge in [-0.3, -0.25) is 4.79 Å². The molecule has 0 aromatic heterocycles. The first-order chi connectivity index (χ1) is 10.3. The predicted molar refractivity (Wildman–Crippen MR) is 83.9 cm³/mol. The van der Waals surface area contributed by atoms with Crippen molar-refractivity contribution >= 4 is 17.5 Å². The van der Waals surface area contributed by atoms with Crippen LogP contribution >= 0.6 is 0 Å². The minimum absolute atomic E-state index is 0.316. The molecule has 0 saturated heterocycles. The average Bonchev–Trinajstić information content (AvgIpc) is 2.44. The second-order valence-corrected chi connectivity index (χ2v) is 5.55. The molecule has 0 aliphatic rings. The van der Waals surface area contributed by atoms with E-state index in [2.05, 4.69) is 4.74 Å². The fourth-order valence-corrected chi connectivity index (χ4v) is 1.95. The highest BCUT2D eigenvalue weighted by Gasteiger charge is 2.17. The molecule has 22 heavy (non-hydrogen) atoms. The second-order valence-electron chi connectivity index (χ2n) is 5.55. The van der Waals surface area contributed by atoms with Gasteiger partial charge in [0.2, 0.25) is 0 Å². The summed E-state index contributed by atoms with van der Waals surface area (Å²) in [6, 6.07) is 3.63. The number of aryl methyl sites for hydroxylation is 2. The highest BCUT2D eigenvalue weighted by Crippen LogP contribution is 2.30. The maximum atomic E-state index is 11.6. The molecule has 0 saturated carbocycles. The Morgan fingerprint density at radius 2 is 1.91 bits per heavy atom. The summed E-state index contributed by atoms with van der Waals surface area (Å²) in [6.45, 7) is 8.24. The molecule has 0 spiro atoms. The standard InChI is InChI=1S/C17H22O5/c1-10(2)9-22-16-12(4)6-11(3)7-13(16)14(18)8-15(19)17(20)21-5/h6-8,10,18H,9H2,1-5H3/b14-8-. The summed E-state index contributed by atoms with van der Waals surface area (Å²) in [4.78, 5) is 22.7. The molecule has 1 aromatic carbocycles. The van der Waals surface area contributed by atoms with E-state index in [4.69, 9.17) is 4.74 Å². The van der Waals surface area contributed by atoms with Gasteiger partial charge in [0, 0.05) is 6.08 Å². The van der Waals surface area contributed by atoms with Crippen LogP contribution < -0.4 is 4.74 Å². The van der Waals surface area contributed by atoms with Crippen LogP contribution in [0.5, 0.6) is 5.75 Å². The molecule has 0 bridgehead atoms. The summed E-state index contributed by atoms with van der Waals surface area (Å²) in [7, 11) is 1.11. The first kappa shape index (κ1) is 17.8. The zero-order valence-electron chi connectivity index (χ0n) is 13.6. The Labute approximate surface area is 130 Å². The van der Waals surface area contributed by atoms with Gasteiger partial charge in [0.15, 0.2) is 0 Å². The average molecular weight is 306 g/mol. The molecule has 0 amide bonds. The van der Waals surface area contributed by atoms with Gasteiger partial charge in [-0.2, -0.15) is 0 Å². The van der Waals surface area contributed by atoms with E-state index in [9.17, 15) is 14.7 Å². The predicted octanol–water partition coefficient (Wildman–Crippen LogP) is 2.98. The molecule has 5 heteroatoms. The van der Waals surface area contributed by atoms with Crippen molar-refractivity contribution < 1.29 is 24.2 Å². The minimum Gasteiger partial charge on any atom is -0.507 e. The van der Waals surface area contributed by atoms with Crippen molar-refractivity contribution in [2.24, 2.45) is 5.92 Å². The van der Waals surface area contributed by atoms with Crippen LogP contribution in [0.1, 0.15) is 30.5 Å². The number of carbonyl (C=O) groups is 2. The SMILES string of the molecule is COC(=O)C(=O)/C=C(\O)c1cc(C)cc(C)c1OCC(C)C. The van der Waals surface area contributed by atoms with E-state index in [-0.39, 0.29) is 5.76 Å². The Morgan fingerprint density at radius 1 is 1.27 bits per heavy atom. The van der Waals surface area contributed by atoms with Gasteiger partial charge >= 0.3 is 5.97 Å². The van der Waals surface area contributed by atoms with Gasteiger partial charge in [-0.25, -0.2) is 4.79 Å². The smallest absolute Gasteiger partial charge is 0.378 e. The van der Waals surface area contributed by atoms with Crippen molar-refractivity contribution in [1.82, 2.24) is 0 Å². The third-order valence-electron chi connectivity index (χ3n) is 2.91.